The number of rotatable bonds is 2. The Kier molecular flexibility index (Phi) is 3.40. The van der Waals surface area contributed by atoms with Gasteiger partial charge in [0.05, 0.1) is 0 Å². The number of nitrogen functional groups attached to an aromatic ring is 1. The average Bonchev–Trinajstić information content (AvgIpc) is 2.15. The lowest BCUT2D eigenvalue weighted by Gasteiger charge is -2.22. The first-order chi connectivity index (χ1) is 6.86. The molecule has 0 heterocycles. The van der Waals surface area contributed by atoms with Gasteiger partial charge in [0.1, 0.15) is 0 Å². The summed E-state index contributed by atoms with van der Waals surface area (Å²) in [6.07, 6.45) is 0.914. The highest BCUT2D eigenvalue weighted by Crippen LogP contribution is 2.28. The quantitative estimate of drug-likeness (QED) is 0.731. The van der Waals surface area contributed by atoms with Gasteiger partial charge in [-0.2, -0.15) is 0 Å². The highest BCUT2D eigenvalue weighted by atomic mass is 14.7. The maximum absolute atomic E-state index is 6.03. The maximum atomic E-state index is 6.03. The Morgan fingerprint density at radius 1 is 1.27 bits per heavy atom. The molecule has 1 aromatic carbocycles. The maximum Gasteiger partial charge on any atom is 0.0362 e. The van der Waals surface area contributed by atoms with Crippen LogP contribution in [0.4, 0.5) is 5.69 Å². The molecular formula is C13H22N2. The summed E-state index contributed by atoms with van der Waals surface area (Å²) in [5.41, 5.74) is 15.3. The standard InChI is InChI=1S/C13H22N2/c1-5-11(14)10-8-9(13(2,3)4)6-7-12(10)15/h6-8,11H,5,14-15H2,1-4H3. The van der Waals surface area contributed by atoms with Crippen LogP contribution in [0.3, 0.4) is 0 Å². The van der Waals surface area contributed by atoms with Gasteiger partial charge in [0.15, 0.2) is 0 Å². The van der Waals surface area contributed by atoms with Crippen LogP contribution in [-0.4, -0.2) is 0 Å². The van der Waals surface area contributed by atoms with Crippen molar-refractivity contribution < 1.29 is 0 Å². The van der Waals surface area contributed by atoms with Crippen LogP contribution in [-0.2, 0) is 5.41 Å². The lowest BCUT2D eigenvalue weighted by atomic mass is 9.85. The largest absolute Gasteiger partial charge is 0.398 e. The van der Waals surface area contributed by atoms with E-state index >= 15 is 0 Å². The smallest absolute Gasteiger partial charge is 0.0362 e. The van der Waals surface area contributed by atoms with Crippen molar-refractivity contribution in [1.82, 2.24) is 0 Å². The number of nitrogens with two attached hydrogens (primary N) is 2. The molecule has 84 valence electrons. The Balaban J connectivity index is 3.17. The van der Waals surface area contributed by atoms with E-state index in [0.29, 0.717) is 0 Å². The van der Waals surface area contributed by atoms with Crippen molar-refractivity contribution >= 4 is 5.69 Å². The topological polar surface area (TPSA) is 52.0 Å². The van der Waals surface area contributed by atoms with Crippen LogP contribution in [0.5, 0.6) is 0 Å². The van der Waals surface area contributed by atoms with Gasteiger partial charge in [0, 0.05) is 11.7 Å². The van der Waals surface area contributed by atoms with Crippen molar-refractivity contribution in [3.63, 3.8) is 0 Å². The van der Waals surface area contributed by atoms with Gasteiger partial charge in [0.2, 0.25) is 0 Å². The highest BCUT2D eigenvalue weighted by Gasteiger charge is 2.16. The second kappa shape index (κ2) is 4.23. The van der Waals surface area contributed by atoms with Crippen LogP contribution < -0.4 is 11.5 Å². The SMILES string of the molecule is CCC(N)c1cc(C(C)(C)C)ccc1N. The van der Waals surface area contributed by atoms with Gasteiger partial charge in [-0.1, -0.05) is 39.8 Å². The average molecular weight is 206 g/mol. The minimum atomic E-state index is 0.0484. The van der Waals surface area contributed by atoms with Crippen molar-refractivity contribution in [2.24, 2.45) is 5.73 Å². The molecule has 0 bridgehead atoms. The van der Waals surface area contributed by atoms with Crippen LogP contribution in [0.25, 0.3) is 0 Å². The Morgan fingerprint density at radius 3 is 2.33 bits per heavy atom. The summed E-state index contributed by atoms with van der Waals surface area (Å²) in [4.78, 5) is 0. The zero-order chi connectivity index (χ0) is 11.6. The van der Waals surface area contributed by atoms with E-state index in [0.717, 1.165) is 17.7 Å². The first-order valence-corrected chi connectivity index (χ1v) is 5.51. The summed E-state index contributed by atoms with van der Waals surface area (Å²) in [5.74, 6) is 0. The zero-order valence-corrected chi connectivity index (χ0v) is 10.2. The Labute approximate surface area is 92.7 Å². The van der Waals surface area contributed by atoms with Gasteiger partial charge in [-0.3, -0.25) is 0 Å². The van der Waals surface area contributed by atoms with Crippen LogP contribution in [0.15, 0.2) is 18.2 Å². The van der Waals surface area contributed by atoms with E-state index in [1.807, 2.05) is 6.07 Å². The minimum absolute atomic E-state index is 0.0484. The van der Waals surface area contributed by atoms with Crippen molar-refractivity contribution in [3.8, 4) is 0 Å². The second-order valence-corrected chi connectivity index (χ2v) is 5.11. The van der Waals surface area contributed by atoms with E-state index in [1.54, 1.807) is 0 Å². The first-order valence-electron chi connectivity index (χ1n) is 5.51. The van der Waals surface area contributed by atoms with Crippen molar-refractivity contribution in [1.29, 1.82) is 0 Å². The molecule has 0 aliphatic rings. The molecule has 0 saturated carbocycles. The third-order valence-corrected chi connectivity index (χ3v) is 2.79. The Bertz CT molecular complexity index is 337. The molecule has 1 aromatic rings. The summed E-state index contributed by atoms with van der Waals surface area (Å²) in [6, 6.07) is 6.24. The summed E-state index contributed by atoms with van der Waals surface area (Å²) < 4.78 is 0. The van der Waals surface area contributed by atoms with E-state index in [-0.39, 0.29) is 11.5 Å². The van der Waals surface area contributed by atoms with E-state index in [9.17, 15) is 0 Å². The van der Waals surface area contributed by atoms with Gasteiger partial charge in [-0.15, -0.1) is 0 Å². The number of benzene rings is 1. The van der Waals surface area contributed by atoms with E-state index < -0.39 is 0 Å². The van der Waals surface area contributed by atoms with Gasteiger partial charge in [0.25, 0.3) is 0 Å². The summed E-state index contributed by atoms with van der Waals surface area (Å²) in [7, 11) is 0. The molecule has 2 nitrogen and oxygen atoms in total. The zero-order valence-electron chi connectivity index (χ0n) is 10.2. The van der Waals surface area contributed by atoms with E-state index in [1.165, 1.54) is 5.56 Å². The number of hydrogen-bond acceptors (Lipinski definition) is 2. The molecule has 1 unspecified atom stereocenters. The molecule has 1 rings (SSSR count). The van der Waals surface area contributed by atoms with Gasteiger partial charge in [-0.25, -0.2) is 0 Å². The van der Waals surface area contributed by atoms with Crippen molar-refractivity contribution in [2.45, 2.75) is 45.6 Å². The molecule has 1 atom stereocenters. The molecule has 0 radical (unpaired) electrons. The molecule has 15 heavy (non-hydrogen) atoms. The minimum Gasteiger partial charge on any atom is -0.398 e. The molecule has 0 amide bonds. The van der Waals surface area contributed by atoms with E-state index in [2.05, 4.69) is 39.8 Å². The molecule has 0 aliphatic heterocycles. The fourth-order valence-corrected chi connectivity index (χ4v) is 1.58. The van der Waals surface area contributed by atoms with E-state index in [4.69, 9.17) is 11.5 Å². The van der Waals surface area contributed by atoms with Crippen molar-refractivity contribution in [3.05, 3.63) is 29.3 Å². The summed E-state index contributed by atoms with van der Waals surface area (Å²) in [5, 5.41) is 0. The van der Waals surface area contributed by atoms with Gasteiger partial charge in [-0.05, 0) is 29.0 Å². The molecule has 0 fully saturated rings. The lowest BCUT2D eigenvalue weighted by Crippen LogP contribution is -2.16. The number of hydrogen-bond donors (Lipinski definition) is 2. The number of anilines is 1. The normalized spacial score (nSPS) is 13.9. The summed E-state index contributed by atoms with van der Waals surface area (Å²) >= 11 is 0. The van der Waals surface area contributed by atoms with Gasteiger partial charge < -0.3 is 11.5 Å². The van der Waals surface area contributed by atoms with Crippen LogP contribution in [0, 0.1) is 0 Å². The first kappa shape index (κ1) is 12.1. The van der Waals surface area contributed by atoms with Gasteiger partial charge >= 0.3 is 0 Å². The Hall–Kier alpha value is -1.02. The van der Waals surface area contributed by atoms with Crippen LogP contribution in [0.2, 0.25) is 0 Å². The fourth-order valence-electron chi connectivity index (χ4n) is 1.58. The molecule has 2 heteroatoms. The predicted octanol–water partition coefficient (Wildman–Crippen LogP) is 2.98. The second-order valence-electron chi connectivity index (χ2n) is 5.11. The third kappa shape index (κ3) is 2.72. The van der Waals surface area contributed by atoms with Crippen molar-refractivity contribution in [2.75, 3.05) is 5.73 Å². The van der Waals surface area contributed by atoms with Crippen LogP contribution >= 0.6 is 0 Å². The molecule has 0 spiro atoms. The Morgan fingerprint density at radius 2 is 1.87 bits per heavy atom. The monoisotopic (exact) mass is 206 g/mol. The highest BCUT2D eigenvalue weighted by molar-refractivity contribution is 5.51. The fraction of sp³-hybridized carbons (Fsp3) is 0.538. The molecule has 0 aromatic heterocycles. The summed E-state index contributed by atoms with van der Waals surface area (Å²) in [6.45, 7) is 8.66. The predicted molar refractivity (Wildman–Crippen MR) is 66.8 cm³/mol. The molecule has 0 aliphatic carbocycles. The lowest BCUT2D eigenvalue weighted by molar-refractivity contribution is 0.587. The molecule has 4 N–H and O–H groups in total. The third-order valence-electron chi connectivity index (χ3n) is 2.79. The molecular weight excluding hydrogens is 184 g/mol. The molecule has 0 saturated heterocycles. The van der Waals surface area contributed by atoms with Crippen LogP contribution in [0.1, 0.15) is 51.3 Å².